The van der Waals surface area contributed by atoms with Crippen molar-refractivity contribution in [3.05, 3.63) is 72.0 Å². The van der Waals surface area contributed by atoms with Crippen molar-refractivity contribution < 1.29 is 22.4 Å². The molecule has 29 heavy (non-hydrogen) atoms. The summed E-state index contributed by atoms with van der Waals surface area (Å²) in [6.45, 7) is 5.90. The summed E-state index contributed by atoms with van der Waals surface area (Å²) in [6, 6.07) is 15.1. The van der Waals surface area contributed by atoms with Crippen LogP contribution in [0.25, 0.3) is 11.3 Å². The van der Waals surface area contributed by atoms with Gasteiger partial charge in [0.1, 0.15) is 5.76 Å². The molecule has 1 amide bonds. The molecule has 1 heterocycles. The molecule has 0 unspecified atom stereocenters. The van der Waals surface area contributed by atoms with Crippen molar-refractivity contribution in [1.29, 1.82) is 0 Å². The van der Waals surface area contributed by atoms with E-state index >= 15 is 0 Å². The van der Waals surface area contributed by atoms with E-state index in [1.807, 2.05) is 12.1 Å². The van der Waals surface area contributed by atoms with Crippen LogP contribution in [0.15, 0.2) is 65.1 Å². The number of nitrogens with one attached hydrogen (secondary N) is 1. The standard InChI is InChI=1S/C22H21F3N2O2/c1-3-27(4-2)18-10-8-17(9-11-18)26-21(28)20-13-12-19(29-20)15-6-5-7-16(14-15)22(23,24)25/h5-14H,3-4H2,1-2H3,(H,26,28). The van der Waals surface area contributed by atoms with Gasteiger partial charge in [-0.25, -0.2) is 0 Å². The quantitative estimate of drug-likeness (QED) is 0.545. The zero-order valence-corrected chi connectivity index (χ0v) is 16.1. The van der Waals surface area contributed by atoms with E-state index in [1.54, 1.807) is 12.1 Å². The Kier molecular flexibility index (Phi) is 5.96. The van der Waals surface area contributed by atoms with E-state index in [-0.39, 0.29) is 17.1 Å². The van der Waals surface area contributed by atoms with Gasteiger partial charge in [0.05, 0.1) is 5.56 Å². The van der Waals surface area contributed by atoms with Crippen molar-refractivity contribution in [2.24, 2.45) is 0 Å². The molecule has 0 radical (unpaired) electrons. The van der Waals surface area contributed by atoms with Crippen LogP contribution >= 0.6 is 0 Å². The van der Waals surface area contributed by atoms with Gasteiger partial charge in [0.15, 0.2) is 5.76 Å². The van der Waals surface area contributed by atoms with Crippen LogP contribution in [0.1, 0.15) is 30.0 Å². The first kappa shape index (κ1) is 20.5. The molecular formula is C22H21F3N2O2. The Morgan fingerprint density at radius 2 is 1.69 bits per heavy atom. The number of rotatable bonds is 6. The maximum Gasteiger partial charge on any atom is 0.416 e. The minimum atomic E-state index is -4.44. The molecule has 152 valence electrons. The Balaban J connectivity index is 1.73. The van der Waals surface area contributed by atoms with Gasteiger partial charge in [-0.3, -0.25) is 4.79 Å². The highest BCUT2D eigenvalue weighted by molar-refractivity contribution is 6.02. The highest BCUT2D eigenvalue weighted by atomic mass is 19.4. The van der Waals surface area contributed by atoms with Crippen molar-refractivity contribution >= 4 is 17.3 Å². The Morgan fingerprint density at radius 1 is 1.00 bits per heavy atom. The third-order valence-electron chi connectivity index (χ3n) is 4.56. The average Bonchev–Trinajstić information content (AvgIpc) is 3.20. The van der Waals surface area contributed by atoms with E-state index in [1.165, 1.54) is 24.3 Å². The second-order valence-corrected chi connectivity index (χ2v) is 6.42. The molecule has 0 aliphatic rings. The van der Waals surface area contributed by atoms with Crippen LogP contribution in [0.4, 0.5) is 24.5 Å². The Morgan fingerprint density at radius 3 is 2.31 bits per heavy atom. The second kappa shape index (κ2) is 8.43. The summed E-state index contributed by atoms with van der Waals surface area (Å²) in [5.41, 5.74) is 1.13. The number of carbonyl (C=O) groups excluding carboxylic acids is 1. The van der Waals surface area contributed by atoms with Crippen molar-refractivity contribution in [3.63, 3.8) is 0 Å². The number of amides is 1. The minimum Gasteiger partial charge on any atom is -0.451 e. The molecule has 0 saturated heterocycles. The molecule has 0 saturated carbocycles. The number of carbonyl (C=O) groups is 1. The number of anilines is 2. The molecule has 3 aromatic rings. The summed E-state index contributed by atoms with van der Waals surface area (Å²) >= 11 is 0. The third kappa shape index (κ3) is 4.80. The van der Waals surface area contributed by atoms with Crippen LogP contribution in [0.5, 0.6) is 0 Å². The van der Waals surface area contributed by atoms with Crippen molar-refractivity contribution in [2.75, 3.05) is 23.3 Å². The number of benzene rings is 2. The van der Waals surface area contributed by atoms with Gasteiger partial charge in [0, 0.05) is 30.0 Å². The van der Waals surface area contributed by atoms with Crippen molar-refractivity contribution in [3.8, 4) is 11.3 Å². The van der Waals surface area contributed by atoms with Gasteiger partial charge in [-0.2, -0.15) is 13.2 Å². The number of nitrogens with zero attached hydrogens (tertiary/aromatic N) is 1. The van der Waals surface area contributed by atoms with Crippen LogP contribution in [-0.2, 0) is 6.18 Å². The normalized spacial score (nSPS) is 11.3. The largest absolute Gasteiger partial charge is 0.451 e. The molecule has 3 rings (SSSR count). The van der Waals surface area contributed by atoms with Crippen LogP contribution in [0, 0.1) is 0 Å². The zero-order chi connectivity index (χ0) is 21.0. The van der Waals surface area contributed by atoms with Crippen LogP contribution in [0.2, 0.25) is 0 Å². The Bertz CT molecular complexity index is 974. The fraction of sp³-hybridized carbons (Fsp3) is 0.227. The second-order valence-electron chi connectivity index (χ2n) is 6.42. The van der Waals surface area contributed by atoms with E-state index in [0.29, 0.717) is 5.69 Å². The third-order valence-corrected chi connectivity index (χ3v) is 4.56. The van der Waals surface area contributed by atoms with Gasteiger partial charge < -0.3 is 14.6 Å². The average molecular weight is 402 g/mol. The smallest absolute Gasteiger partial charge is 0.416 e. The van der Waals surface area contributed by atoms with Crippen molar-refractivity contribution in [2.45, 2.75) is 20.0 Å². The maximum absolute atomic E-state index is 12.9. The topological polar surface area (TPSA) is 45.5 Å². The summed E-state index contributed by atoms with van der Waals surface area (Å²) in [4.78, 5) is 14.6. The molecule has 1 aromatic heterocycles. The molecule has 0 aliphatic heterocycles. The Hall–Kier alpha value is -3.22. The lowest BCUT2D eigenvalue weighted by molar-refractivity contribution is -0.137. The van der Waals surface area contributed by atoms with Gasteiger partial charge >= 0.3 is 6.18 Å². The van der Waals surface area contributed by atoms with Gasteiger partial charge in [-0.05, 0) is 62.4 Å². The summed E-state index contributed by atoms with van der Waals surface area (Å²) in [6.07, 6.45) is -4.44. The van der Waals surface area contributed by atoms with Gasteiger partial charge in [0.2, 0.25) is 0 Å². The van der Waals surface area contributed by atoms with E-state index in [0.717, 1.165) is 30.9 Å². The van der Waals surface area contributed by atoms with Crippen LogP contribution in [0.3, 0.4) is 0 Å². The molecule has 1 N–H and O–H groups in total. The fourth-order valence-corrected chi connectivity index (χ4v) is 3.00. The predicted molar refractivity (Wildman–Crippen MR) is 107 cm³/mol. The van der Waals surface area contributed by atoms with E-state index in [2.05, 4.69) is 24.1 Å². The molecule has 0 spiro atoms. The van der Waals surface area contributed by atoms with Crippen LogP contribution < -0.4 is 10.2 Å². The minimum absolute atomic E-state index is 0.0187. The number of halogens is 3. The molecule has 4 nitrogen and oxygen atoms in total. The summed E-state index contributed by atoms with van der Waals surface area (Å²) in [5, 5.41) is 2.73. The SMILES string of the molecule is CCN(CC)c1ccc(NC(=O)c2ccc(-c3cccc(C(F)(F)F)c3)o2)cc1. The molecule has 7 heteroatoms. The number of hydrogen-bond acceptors (Lipinski definition) is 3. The molecular weight excluding hydrogens is 381 g/mol. The first-order valence-corrected chi connectivity index (χ1v) is 9.25. The molecule has 0 atom stereocenters. The van der Waals surface area contributed by atoms with Gasteiger partial charge in [-0.1, -0.05) is 12.1 Å². The lowest BCUT2D eigenvalue weighted by atomic mass is 10.1. The highest BCUT2D eigenvalue weighted by Crippen LogP contribution is 2.32. The van der Waals surface area contributed by atoms with E-state index in [4.69, 9.17) is 4.42 Å². The van der Waals surface area contributed by atoms with Gasteiger partial charge in [0.25, 0.3) is 5.91 Å². The Labute approximate surface area is 166 Å². The summed E-state index contributed by atoms with van der Waals surface area (Å²) in [7, 11) is 0. The molecule has 2 aromatic carbocycles. The predicted octanol–water partition coefficient (Wildman–Crippen LogP) is 6.06. The summed E-state index contributed by atoms with van der Waals surface area (Å²) in [5.74, 6) is -0.262. The van der Waals surface area contributed by atoms with Crippen molar-refractivity contribution in [1.82, 2.24) is 0 Å². The van der Waals surface area contributed by atoms with Gasteiger partial charge in [-0.15, -0.1) is 0 Å². The monoisotopic (exact) mass is 402 g/mol. The number of hydrogen-bond donors (Lipinski definition) is 1. The van der Waals surface area contributed by atoms with E-state index in [9.17, 15) is 18.0 Å². The number of alkyl halides is 3. The lowest BCUT2D eigenvalue weighted by Gasteiger charge is -2.21. The lowest BCUT2D eigenvalue weighted by Crippen LogP contribution is -2.21. The maximum atomic E-state index is 12.9. The fourth-order valence-electron chi connectivity index (χ4n) is 3.00. The molecule has 0 bridgehead atoms. The highest BCUT2D eigenvalue weighted by Gasteiger charge is 2.30. The first-order valence-electron chi connectivity index (χ1n) is 9.25. The molecule has 0 aliphatic carbocycles. The number of furan rings is 1. The summed E-state index contributed by atoms with van der Waals surface area (Å²) < 4.78 is 44.1. The van der Waals surface area contributed by atoms with Crippen LogP contribution in [-0.4, -0.2) is 19.0 Å². The first-order chi connectivity index (χ1) is 13.8. The zero-order valence-electron chi connectivity index (χ0n) is 16.1. The van der Waals surface area contributed by atoms with E-state index < -0.39 is 17.6 Å². The molecule has 0 fully saturated rings.